The molecule has 0 atom stereocenters. The average molecular weight is 208 g/mol. The van der Waals surface area contributed by atoms with Crippen molar-refractivity contribution in [1.29, 1.82) is 0 Å². The molecular formula is C7H7F3N2S. The van der Waals surface area contributed by atoms with Crippen LogP contribution in [0.4, 0.5) is 13.2 Å². The first-order chi connectivity index (χ1) is 6.04. The van der Waals surface area contributed by atoms with Gasteiger partial charge in [0, 0.05) is 4.88 Å². The number of nitrogens with zero attached hydrogens (tertiary/aromatic N) is 1. The molecule has 0 amide bonds. The normalized spacial score (nSPS) is 12.5. The lowest BCUT2D eigenvalue weighted by Gasteiger charge is -2.00. The van der Waals surface area contributed by atoms with Crippen LogP contribution in [0.3, 0.4) is 0 Å². The highest BCUT2D eigenvalue weighted by atomic mass is 32.1. The van der Waals surface area contributed by atoms with Crippen LogP contribution in [0.2, 0.25) is 0 Å². The Hall–Kier alpha value is -1.04. The Bertz CT molecular complexity index is 303. The lowest BCUT2D eigenvalue weighted by atomic mass is 10.4. The molecule has 0 fully saturated rings. The van der Waals surface area contributed by atoms with Crippen molar-refractivity contribution in [3.8, 4) is 0 Å². The maximum atomic E-state index is 12.1. The van der Waals surface area contributed by atoms with E-state index >= 15 is 0 Å². The monoisotopic (exact) mass is 208 g/mol. The van der Waals surface area contributed by atoms with Crippen molar-refractivity contribution >= 4 is 17.7 Å². The molecule has 0 saturated heterocycles. The van der Waals surface area contributed by atoms with Crippen molar-refractivity contribution in [2.24, 2.45) is 10.7 Å². The molecule has 0 aliphatic carbocycles. The van der Waals surface area contributed by atoms with E-state index in [1.54, 1.807) is 0 Å². The Morgan fingerprint density at radius 2 is 2.15 bits per heavy atom. The maximum Gasteiger partial charge on any atom is 0.425 e. The summed E-state index contributed by atoms with van der Waals surface area (Å²) in [5.41, 5.74) is 4.96. The molecule has 1 aromatic rings. The van der Waals surface area contributed by atoms with E-state index in [1.165, 1.54) is 6.07 Å². The van der Waals surface area contributed by atoms with Gasteiger partial charge in [0.1, 0.15) is 4.88 Å². The molecule has 0 aliphatic rings. The Kier molecular flexibility index (Phi) is 2.92. The van der Waals surface area contributed by atoms with Gasteiger partial charge in [-0.25, -0.2) is 0 Å². The van der Waals surface area contributed by atoms with E-state index in [0.717, 1.165) is 12.4 Å². The standard InChI is InChI=1S/C7H7F3N2S/c8-7(9,10)6-2-1-5(13-6)3-12-4-11/h1-2,4H,3H2,(H2,11,12). The van der Waals surface area contributed by atoms with E-state index in [2.05, 4.69) is 4.99 Å². The average Bonchev–Trinajstić information content (AvgIpc) is 2.47. The Morgan fingerprint density at radius 3 is 2.62 bits per heavy atom. The third-order valence-corrected chi connectivity index (χ3v) is 2.41. The van der Waals surface area contributed by atoms with E-state index in [-0.39, 0.29) is 6.54 Å². The molecular weight excluding hydrogens is 201 g/mol. The molecule has 0 aromatic carbocycles. The van der Waals surface area contributed by atoms with Gasteiger partial charge in [0.15, 0.2) is 0 Å². The van der Waals surface area contributed by atoms with Gasteiger partial charge in [0.25, 0.3) is 0 Å². The minimum atomic E-state index is -4.25. The summed E-state index contributed by atoms with van der Waals surface area (Å²) in [4.78, 5) is 3.58. The van der Waals surface area contributed by atoms with E-state index in [1.807, 2.05) is 0 Å². The van der Waals surface area contributed by atoms with E-state index in [4.69, 9.17) is 5.73 Å². The highest BCUT2D eigenvalue weighted by Gasteiger charge is 2.32. The van der Waals surface area contributed by atoms with Gasteiger partial charge >= 0.3 is 6.18 Å². The first-order valence-corrected chi connectivity index (χ1v) is 4.21. The zero-order valence-electron chi connectivity index (χ0n) is 6.51. The SMILES string of the molecule is NC=NCc1ccc(C(F)(F)F)s1. The molecule has 0 saturated carbocycles. The molecule has 6 heteroatoms. The summed E-state index contributed by atoms with van der Waals surface area (Å²) >= 11 is 0.685. The fourth-order valence-corrected chi connectivity index (χ4v) is 1.57. The van der Waals surface area contributed by atoms with Crippen LogP contribution in [-0.4, -0.2) is 6.34 Å². The summed E-state index contributed by atoms with van der Waals surface area (Å²) in [5.74, 6) is 0. The van der Waals surface area contributed by atoms with Crippen molar-refractivity contribution in [3.63, 3.8) is 0 Å². The second-order valence-electron chi connectivity index (χ2n) is 2.25. The smallest absolute Gasteiger partial charge is 0.390 e. The van der Waals surface area contributed by atoms with Gasteiger partial charge in [-0.2, -0.15) is 13.2 Å². The molecule has 0 bridgehead atoms. The highest BCUT2D eigenvalue weighted by molar-refractivity contribution is 7.12. The predicted octanol–water partition coefficient (Wildman–Crippen LogP) is 2.25. The van der Waals surface area contributed by atoms with Gasteiger partial charge < -0.3 is 5.73 Å². The molecule has 2 nitrogen and oxygen atoms in total. The van der Waals surface area contributed by atoms with Crippen LogP contribution in [0, 0.1) is 0 Å². The lowest BCUT2D eigenvalue weighted by Crippen LogP contribution is -2.00. The quantitative estimate of drug-likeness (QED) is 0.587. The van der Waals surface area contributed by atoms with Crippen LogP contribution in [0.1, 0.15) is 9.75 Å². The molecule has 72 valence electrons. The fraction of sp³-hybridized carbons (Fsp3) is 0.286. The van der Waals surface area contributed by atoms with Crippen LogP contribution in [0.25, 0.3) is 0 Å². The van der Waals surface area contributed by atoms with Gasteiger partial charge in [-0.1, -0.05) is 0 Å². The number of halogens is 3. The van der Waals surface area contributed by atoms with Crippen LogP contribution in [0.5, 0.6) is 0 Å². The summed E-state index contributed by atoms with van der Waals surface area (Å²) in [5, 5.41) is 0. The third-order valence-electron chi connectivity index (χ3n) is 1.29. The summed E-state index contributed by atoms with van der Waals surface area (Å²) < 4.78 is 36.2. The number of thiophene rings is 1. The molecule has 13 heavy (non-hydrogen) atoms. The maximum absolute atomic E-state index is 12.1. The first kappa shape index (κ1) is 10.0. The molecule has 1 rings (SSSR count). The first-order valence-electron chi connectivity index (χ1n) is 3.40. The Morgan fingerprint density at radius 1 is 1.46 bits per heavy atom. The van der Waals surface area contributed by atoms with Gasteiger partial charge in [-0.15, -0.1) is 11.3 Å². The minimum Gasteiger partial charge on any atom is -0.390 e. The fourth-order valence-electron chi connectivity index (χ4n) is 0.758. The molecule has 2 N–H and O–H groups in total. The second-order valence-corrected chi connectivity index (χ2v) is 3.42. The molecule has 0 spiro atoms. The van der Waals surface area contributed by atoms with Crippen molar-refractivity contribution in [2.45, 2.75) is 12.7 Å². The molecule has 1 aromatic heterocycles. The van der Waals surface area contributed by atoms with Gasteiger partial charge in [-0.05, 0) is 12.1 Å². The Labute approximate surface area is 76.9 Å². The Balaban J connectivity index is 2.75. The van der Waals surface area contributed by atoms with Crippen LogP contribution in [-0.2, 0) is 12.7 Å². The third kappa shape index (κ3) is 2.73. The summed E-state index contributed by atoms with van der Waals surface area (Å²) in [6, 6.07) is 2.45. The van der Waals surface area contributed by atoms with Gasteiger partial charge in [-0.3, -0.25) is 4.99 Å². The van der Waals surface area contributed by atoms with Crippen molar-refractivity contribution in [3.05, 3.63) is 21.9 Å². The zero-order chi connectivity index (χ0) is 9.90. The predicted molar refractivity (Wildman–Crippen MR) is 45.7 cm³/mol. The molecule has 0 unspecified atom stereocenters. The number of nitrogens with two attached hydrogens (primary N) is 1. The summed E-state index contributed by atoms with van der Waals surface area (Å²) in [6.45, 7) is 0.206. The van der Waals surface area contributed by atoms with Crippen LogP contribution >= 0.6 is 11.3 Å². The number of alkyl halides is 3. The van der Waals surface area contributed by atoms with Crippen LogP contribution < -0.4 is 5.73 Å². The van der Waals surface area contributed by atoms with Crippen molar-refractivity contribution in [2.75, 3.05) is 0 Å². The van der Waals surface area contributed by atoms with Gasteiger partial charge in [0.05, 0.1) is 12.9 Å². The highest BCUT2D eigenvalue weighted by Crippen LogP contribution is 2.34. The zero-order valence-corrected chi connectivity index (χ0v) is 7.32. The summed E-state index contributed by atoms with van der Waals surface area (Å²) in [7, 11) is 0. The number of rotatable bonds is 2. The van der Waals surface area contributed by atoms with Crippen molar-refractivity contribution < 1.29 is 13.2 Å². The van der Waals surface area contributed by atoms with Crippen molar-refractivity contribution in [1.82, 2.24) is 0 Å². The number of hydrogen-bond donors (Lipinski definition) is 1. The van der Waals surface area contributed by atoms with E-state index < -0.39 is 11.1 Å². The number of hydrogen-bond acceptors (Lipinski definition) is 2. The largest absolute Gasteiger partial charge is 0.425 e. The minimum absolute atomic E-state index is 0.206. The topological polar surface area (TPSA) is 38.4 Å². The molecule has 0 aliphatic heterocycles. The van der Waals surface area contributed by atoms with Crippen LogP contribution in [0.15, 0.2) is 17.1 Å². The van der Waals surface area contributed by atoms with Gasteiger partial charge in [0.2, 0.25) is 0 Å². The summed E-state index contributed by atoms with van der Waals surface area (Å²) in [6.07, 6.45) is -3.18. The molecule has 0 radical (unpaired) electrons. The lowest BCUT2D eigenvalue weighted by molar-refractivity contribution is -0.134. The second kappa shape index (κ2) is 3.78. The van der Waals surface area contributed by atoms with E-state index in [9.17, 15) is 13.2 Å². The van der Waals surface area contributed by atoms with E-state index in [0.29, 0.717) is 16.2 Å². The molecule has 1 heterocycles. The number of aliphatic imine (C=N–C) groups is 1.